The van der Waals surface area contributed by atoms with Crippen LogP contribution in [0.3, 0.4) is 0 Å². The second-order valence-corrected chi connectivity index (χ2v) is 5.55. The summed E-state index contributed by atoms with van der Waals surface area (Å²) < 4.78 is 10.7. The van der Waals surface area contributed by atoms with E-state index in [1.807, 2.05) is 0 Å². The molecule has 1 aliphatic heterocycles. The number of rotatable bonds is 5. The number of ether oxygens (including phenoxy) is 2. The van der Waals surface area contributed by atoms with Gasteiger partial charge in [0.2, 0.25) is 0 Å². The van der Waals surface area contributed by atoms with E-state index in [1.165, 1.54) is 6.07 Å². The van der Waals surface area contributed by atoms with Crippen molar-refractivity contribution in [2.24, 2.45) is 0 Å². The van der Waals surface area contributed by atoms with Crippen molar-refractivity contribution < 1.29 is 19.4 Å². The zero-order valence-corrected chi connectivity index (χ0v) is 12.9. The first-order chi connectivity index (χ1) is 10.1. The van der Waals surface area contributed by atoms with E-state index in [2.05, 4.69) is 0 Å². The van der Waals surface area contributed by atoms with Gasteiger partial charge in [-0.05, 0) is 37.5 Å². The molecule has 4 nitrogen and oxygen atoms in total. The molecule has 0 spiro atoms. The average molecular weight is 331 g/mol. The Balaban J connectivity index is 1.91. The molecule has 1 aromatic carbocycles. The smallest absolute Gasteiger partial charge is 0.185 e. The molecule has 114 valence electrons. The zero-order valence-electron chi connectivity index (χ0n) is 11.4. The molecule has 1 atom stereocenters. The highest BCUT2D eigenvalue weighted by Crippen LogP contribution is 2.25. The molecule has 0 radical (unpaired) electrons. The predicted octanol–water partition coefficient (Wildman–Crippen LogP) is 4.00. The van der Waals surface area contributed by atoms with Gasteiger partial charge in [0.05, 0.1) is 10.0 Å². The largest absolute Gasteiger partial charge is 0.507 e. The fourth-order valence-corrected chi connectivity index (χ4v) is 2.25. The molecular formula is C15H16Cl2O4. The van der Waals surface area contributed by atoms with E-state index < -0.39 is 0 Å². The van der Waals surface area contributed by atoms with Gasteiger partial charge < -0.3 is 14.6 Å². The summed E-state index contributed by atoms with van der Waals surface area (Å²) in [4.78, 5) is 11.7. The Labute approximate surface area is 133 Å². The molecule has 0 aliphatic carbocycles. The van der Waals surface area contributed by atoms with Crippen LogP contribution in [0.25, 0.3) is 5.76 Å². The van der Waals surface area contributed by atoms with Crippen LogP contribution in [-0.4, -0.2) is 30.4 Å². The molecule has 0 amide bonds. The average Bonchev–Trinajstić information content (AvgIpc) is 2.49. The lowest BCUT2D eigenvalue weighted by atomic mass is 10.1. The fourth-order valence-electron chi connectivity index (χ4n) is 1.95. The molecule has 1 heterocycles. The second-order valence-electron chi connectivity index (χ2n) is 4.73. The maximum Gasteiger partial charge on any atom is 0.185 e. The van der Waals surface area contributed by atoms with Gasteiger partial charge in [-0.25, -0.2) is 0 Å². The summed E-state index contributed by atoms with van der Waals surface area (Å²) in [7, 11) is 0. The Bertz CT molecular complexity index is 536. The molecule has 1 fully saturated rings. The third-order valence-electron chi connectivity index (χ3n) is 3.06. The van der Waals surface area contributed by atoms with Gasteiger partial charge >= 0.3 is 0 Å². The minimum Gasteiger partial charge on any atom is -0.507 e. The zero-order chi connectivity index (χ0) is 15.2. The number of aliphatic hydroxyl groups is 1. The Morgan fingerprint density at radius 2 is 2.19 bits per heavy atom. The predicted molar refractivity (Wildman–Crippen MR) is 81.6 cm³/mol. The summed E-state index contributed by atoms with van der Waals surface area (Å²) >= 11 is 11.7. The van der Waals surface area contributed by atoms with Crippen LogP contribution in [0.4, 0.5) is 0 Å². The van der Waals surface area contributed by atoms with Crippen LogP contribution in [-0.2, 0) is 14.3 Å². The molecule has 0 aromatic heterocycles. The summed E-state index contributed by atoms with van der Waals surface area (Å²) in [6, 6.07) is 4.63. The topological polar surface area (TPSA) is 55.8 Å². The number of carbonyl (C=O) groups excluding carboxylic acids is 1. The molecular weight excluding hydrogens is 315 g/mol. The minimum atomic E-state index is -0.340. The molecule has 6 heteroatoms. The van der Waals surface area contributed by atoms with E-state index >= 15 is 0 Å². The van der Waals surface area contributed by atoms with Crippen LogP contribution in [0.1, 0.15) is 24.8 Å². The highest BCUT2D eigenvalue weighted by molar-refractivity contribution is 6.42. The summed E-state index contributed by atoms with van der Waals surface area (Å²) in [5, 5.41) is 10.6. The van der Waals surface area contributed by atoms with Crippen LogP contribution in [0.5, 0.6) is 0 Å². The number of ketones is 1. The number of hydrogen-bond donors (Lipinski definition) is 1. The monoisotopic (exact) mass is 330 g/mol. The Morgan fingerprint density at radius 3 is 2.86 bits per heavy atom. The summed E-state index contributed by atoms with van der Waals surface area (Å²) in [5.41, 5.74) is 0.423. The van der Waals surface area contributed by atoms with Crippen LogP contribution < -0.4 is 0 Å². The summed E-state index contributed by atoms with van der Waals surface area (Å²) in [6.07, 6.45) is 3.62. The highest BCUT2D eigenvalue weighted by atomic mass is 35.5. The van der Waals surface area contributed by atoms with E-state index in [0.29, 0.717) is 22.2 Å². The van der Waals surface area contributed by atoms with Crippen molar-refractivity contribution in [3.8, 4) is 0 Å². The number of carbonyl (C=O) groups is 1. The minimum absolute atomic E-state index is 0.129. The van der Waals surface area contributed by atoms with Crippen molar-refractivity contribution in [2.45, 2.75) is 25.6 Å². The van der Waals surface area contributed by atoms with Gasteiger partial charge in [0, 0.05) is 18.2 Å². The maximum atomic E-state index is 11.7. The van der Waals surface area contributed by atoms with Gasteiger partial charge in [0.25, 0.3) is 0 Å². The molecule has 1 aliphatic rings. The Morgan fingerprint density at radius 1 is 1.38 bits per heavy atom. The SMILES string of the molecule is O=C(/C=C(\O)c1ccc(Cl)c(Cl)c1)COC1CCCCO1. The standard InChI is InChI=1S/C15H16Cl2O4/c16-12-5-4-10(7-13(12)17)14(19)8-11(18)9-21-15-3-1-2-6-20-15/h4-5,7-8,15,19H,1-3,6,9H2/b14-8-. The van der Waals surface area contributed by atoms with Crippen molar-refractivity contribution >= 4 is 34.7 Å². The van der Waals surface area contributed by atoms with Crippen molar-refractivity contribution in [2.75, 3.05) is 13.2 Å². The first-order valence-corrected chi connectivity index (χ1v) is 7.44. The van der Waals surface area contributed by atoms with Gasteiger partial charge in [-0.2, -0.15) is 0 Å². The lowest BCUT2D eigenvalue weighted by Gasteiger charge is -2.21. The van der Waals surface area contributed by atoms with Crippen molar-refractivity contribution in [3.63, 3.8) is 0 Å². The molecule has 1 unspecified atom stereocenters. The molecule has 1 aromatic rings. The van der Waals surface area contributed by atoms with E-state index in [-0.39, 0.29) is 24.4 Å². The third-order valence-corrected chi connectivity index (χ3v) is 3.80. The maximum absolute atomic E-state index is 11.7. The molecule has 0 bridgehead atoms. The normalized spacial score (nSPS) is 19.5. The number of aliphatic hydroxyl groups excluding tert-OH is 1. The van der Waals surface area contributed by atoms with Crippen LogP contribution in [0.2, 0.25) is 10.0 Å². The highest BCUT2D eigenvalue weighted by Gasteiger charge is 2.15. The number of hydrogen-bond acceptors (Lipinski definition) is 4. The van der Waals surface area contributed by atoms with Crippen LogP contribution in [0.15, 0.2) is 24.3 Å². The van der Waals surface area contributed by atoms with E-state index in [1.54, 1.807) is 12.1 Å². The first kappa shape index (κ1) is 16.3. The molecule has 0 saturated carbocycles. The van der Waals surface area contributed by atoms with E-state index in [9.17, 15) is 9.90 Å². The summed E-state index contributed by atoms with van der Waals surface area (Å²) in [5.74, 6) is -0.514. The first-order valence-electron chi connectivity index (χ1n) is 6.68. The molecule has 1 saturated heterocycles. The summed E-state index contributed by atoms with van der Waals surface area (Å²) in [6.45, 7) is 0.527. The van der Waals surface area contributed by atoms with E-state index in [0.717, 1.165) is 25.3 Å². The van der Waals surface area contributed by atoms with E-state index in [4.69, 9.17) is 32.7 Å². The molecule has 21 heavy (non-hydrogen) atoms. The Kier molecular flexibility index (Phi) is 6.06. The quantitative estimate of drug-likeness (QED) is 0.654. The van der Waals surface area contributed by atoms with Gasteiger partial charge in [-0.1, -0.05) is 23.2 Å². The molecule has 2 rings (SSSR count). The Hall–Kier alpha value is -1.07. The lowest BCUT2D eigenvalue weighted by molar-refractivity contribution is -0.167. The fraction of sp³-hybridized carbons (Fsp3) is 0.400. The van der Waals surface area contributed by atoms with Crippen molar-refractivity contribution in [1.82, 2.24) is 0 Å². The third kappa shape index (κ3) is 5.00. The van der Waals surface area contributed by atoms with Crippen molar-refractivity contribution in [3.05, 3.63) is 39.9 Å². The second kappa shape index (κ2) is 7.80. The number of benzene rings is 1. The van der Waals surface area contributed by atoms with Gasteiger partial charge in [-0.15, -0.1) is 0 Å². The van der Waals surface area contributed by atoms with Gasteiger partial charge in [0.15, 0.2) is 12.1 Å². The lowest BCUT2D eigenvalue weighted by Crippen LogP contribution is -2.24. The van der Waals surface area contributed by atoms with Gasteiger partial charge in [-0.3, -0.25) is 4.79 Å². The van der Waals surface area contributed by atoms with Crippen LogP contribution in [0, 0.1) is 0 Å². The number of halogens is 2. The molecule has 1 N–H and O–H groups in total. The van der Waals surface area contributed by atoms with Crippen molar-refractivity contribution in [1.29, 1.82) is 0 Å². The van der Waals surface area contributed by atoms with Crippen LogP contribution >= 0.6 is 23.2 Å². The van der Waals surface area contributed by atoms with Gasteiger partial charge in [0.1, 0.15) is 12.4 Å².